The number of amides is 2. The summed E-state index contributed by atoms with van der Waals surface area (Å²) >= 11 is 0. The second-order valence-corrected chi connectivity index (χ2v) is 6.34. The largest absolute Gasteiger partial charge is 0.357 e. The Balaban J connectivity index is 0.00000300. The smallest absolute Gasteiger partial charge is 0.261 e. The fourth-order valence-corrected chi connectivity index (χ4v) is 3.06. The number of nitrogens with one attached hydrogen (secondary N) is 2. The number of benzene rings is 2. The van der Waals surface area contributed by atoms with Crippen LogP contribution in [0.4, 0.5) is 4.39 Å². The maximum absolute atomic E-state index is 13.7. The van der Waals surface area contributed by atoms with E-state index in [2.05, 4.69) is 15.6 Å². The molecular formula is C21H24FIN4O2. The minimum atomic E-state index is -0.274. The predicted molar refractivity (Wildman–Crippen MR) is 121 cm³/mol. The first-order valence-corrected chi connectivity index (χ1v) is 9.32. The Morgan fingerprint density at radius 1 is 1.00 bits per heavy atom. The normalized spacial score (nSPS) is 13.2. The molecule has 0 aliphatic carbocycles. The van der Waals surface area contributed by atoms with Crippen LogP contribution in [0, 0.1) is 5.82 Å². The Bertz CT molecular complexity index is 869. The summed E-state index contributed by atoms with van der Waals surface area (Å²) in [4.78, 5) is 30.4. The molecule has 1 aliphatic heterocycles. The molecule has 1 aliphatic rings. The van der Waals surface area contributed by atoms with Gasteiger partial charge in [-0.05, 0) is 37.1 Å². The summed E-state index contributed by atoms with van der Waals surface area (Å²) in [5.41, 5.74) is 1.50. The van der Waals surface area contributed by atoms with E-state index in [-0.39, 0.29) is 48.2 Å². The number of carbonyl (C=O) groups is 2. The topological polar surface area (TPSA) is 73.8 Å². The van der Waals surface area contributed by atoms with E-state index in [1.165, 1.54) is 11.0 Å². The van der Waals surface area contributed by atoms with Crippen molar-refractivity contribution >= 4 is 41.8 Å². The van der Waals surface area contributed by atoms with E-state index in [0.717, 1.165) is 0 Å². The zero-order valence-electron chi connectivity index (χ0n) is 16.2. The number of imide groups is 1. The van der Waals surface area contributed by atoms with Crippen molar-refractivity contribution < 1.29 is 14.0 Å². The third kappa shape index (κ3) is 5.53. The van der Waals surface area contributed by atoms with Crippen molar-refractivity contribution in [2.24, 2.45) is 4.99 Å². The lowest BCUT2D eigenvalue weighted by Crippen LogP contribution is -2.43. The van der Waals surface area contributed by atoms with Gasteiger partial charge in [-0.1, -0.05) is 30.3 Å². The van der Waals surface area contributed by atoms with E-state index < -0.39 is 0 Å². The van der Waals surface area contributed by atoms with Gasteiger partial charge in [-0.3, -0.25) is 19.5 Å². The molecule has 0 spiro atoms. The minimum Gasteiger partial charge on any atom is -0.357 e. The number of guanidine groups is 1. The Hall–Kier alpha value is -2.49. The van der Waals surface area contributed by atoms with Gasteiger partial charge in [-0.25, -0.2) is 4.39 Å². The summed E-state index contributed by atoms with van der Waals surface area (Å²) in [6.07, 6.45) is 0.488. The molecule has 6 nitrogen and oxygen atoms in total. The predicted octanol–water partition coefficient (Wildman–Crippen LogP) is 2.84. The highest BCUT2D eigenvalue weighted by atomic mass is 127. The summed E-state index contributed by atoms with van der Waals surface area (Å²) in [5, 5.41) is 6.22. The molecule has 154 valence electrons. The highest BCUT2D eigenvalue weighted by Crippen LogP contribution is 2.21. The Labute approximate surface area is 186 Å². The molecule has 1 heterocycles. The summed E-state index contributed by atoms with van der Waals surface area (Å²) in [6, 6.07) is 13.5. The van der Waals surface area contributed by atoms with Crippen LogP contribution in [0.3, 0.4) is 0 Å². The summed E-state index contributed by atoms with van der Waals surface area (Å²) in [5.74, 6) is -0.218. The number of fused-ring (bicyclic) bond motifs is 1. The van der Waals surface area contributed by atoms with Crippen molar-refractivity contribution in [2.45, 2.75) is 13.3 Å². The first kappa shape index (κ1) is 22.8. The van der Waals surface area contributed by atoms with Crippen molar-refractivity contribution in [3.05, 3.63) is 71.0 Å². The molecule has 0 atom stereocenters. The van der Waals surface area contributed by atoms with Gasteiger partial charge in [-0.2, -0.15) is 0 Å². The lowest BCUT2D eigenvalue weighted by atomic mass is 10.1. The van der Waals surface area contributed by atoms with Gasteiger partial charge >= 0.3 is 0 Å². The number of carbonyl (C=O) groups excluding carboxylic acids is 2. The number of hydrogen-bond acceptors (Lipinski definition) is 3. The van der Waals surface area contributed by atoms with Crippen LogP contribution in [-0.2, 0) is 6.42 Å². The molecular weight excluding hydrogens is 486 g/mol. The fraction of sp³-hybridized carbons (Fsp3) is 0.286. The molecule has 29 heavy (non-hydrogen) atoms. The number of nitrogens with zero attached hydrogens (tertiary/aromatic N) is 2. The summed E-state index contributed by atoms with van der Waals surface area (Å²) < 4.78 is 13.7. The second kappa shape index (κ2) is 10.9. The van der Waals surface area contributed by atoms with E-state index in [0.29, 0.717) is 48.7 Å². The first-order valence-electron chi connectivity index (χ1n) is 9.32. The molecule has 0 fully saturated rings. The fourth-order valence-electron chi connectivity index (χ4n) is 3.06. The molecule has 2 aromatic carbocycles. The van der Waals surface area contributed by atoms with Gasteiger partial charge < -0.3 is 10.6 Å². The van der Waals surface area contributed by atoms with Gasteiger partial charge in [0.05, 0.1) is 11.1 Å². The Morgan fingerprint density at radius 3 is 2.24 bits per heavy atom. The number of hydrogen-bond donors (Lipinski definition) is 2. The first-order chi connectivity index (χ1) is 13.6. The molecule has 0 bridgehead atoms. The van der Waals surface area contributed by atoms with Gasteiger partial charge in [0, 0.05) is 26.2 Å². The van der Waals surface area contributed by atoms with Crippen LogP contribution in [0.5, 0.6) is 0 Å². The maximum atomic E-state index is 13.7. The minimum absolute atomic E-state index is 0. The molecule has 0 saturated carbocycles. The molecule has 0 radical (unpaired) electrons. The highest BCUT2D eigenvalue weighted by Gasteiger charge is 2.34. The van der Waals surface area contributed by atoms with Crippen LogP contribution in [0.25, 0.3) is 0 Å². The molecule has 0 aromatic heterocycles. The van der Waals surface area contributed by atoms with Gasteiger partial charge in [0.15, 0.2) is 5.96 Å². The zero-order valence-corrected chi connectivity index (χ0v) is 18.5. The maximum Gasteiger partial charge on any atom is 0.261 e. The lowest BCUT2D eigenvalue weighted by Gasteiger charge is -2.16. The van der Waals surface area contributed by atoms with Gasteiger partial charge in [0.1, 0.15) is 5.82 Å². The SMILES string of the molecule is CCNC(=NCCc1ccccc1F)NCCN1C(=O)c2ccccc2C1=O.I. The lowest BCUT2D eigenvalue weighted by molar-refractivity contribution is 0.0657. The Kier molecular flexibility index (Phi) is 8.56. The zero-order chi connectivity index (χ0) is 19.9. The van der Waals surface area contributed by atoms with E-state index in [9.17, 15) is 14.0 Å². The van der Waals surface area contributed by atoms with Crippen LogP contribution in [0.1, 0.15) is 33.2 Å². The second-order valence-electron chi connectivity index (χ2n) is 6.34. The van der Waals surface area contributed by atoms with Crippen LogP contribution in [0.15, 0.2) is 53.5 Å². The number of halogens is 2. The van der Waals surface area contributed by atoms with Gasteiger partial charge in [-0.15, -0.1) is 24.0 Å². The van der Waals surface area contributed by atoms with Crippen LogP contribution in [0.2, 0.25) is 0 Å². The van der Waals surface area contributed by atoms with Gasteiger partial charge in [0.2, 0.25) is 0 Å². The van der Waals surface area contributed by atoms with E-state index in [4.69, 9.17) is 0 Å². The Morgan fingerprint density at radius 2 is 1.62 bits per heavy atom. The molecule has 8 heteroatoms. The average Bonchev–Trinajstić information content (AvgIpc) is 2.94. The van der Waals surface area contributed by atoms with E-state index >= 15 is 0 Å². The van der Waals surface area contributed by atoms with Crippen LogP contribution in [-0.4, -0.2) is 48.9 Å². The van der Waals surface area contributed by atoms with Crippen LogP contribution >= 0.6 is 24.0 Å². The highest BCUT2D eigenvalue weighted by molar-refractivity contribution is 14.0. The molecule has 0 unspecified atom stereocenters. The monoisotopic (exact) mass is 510 g/mol. The van der Waals surface area contributed by atoms with Crippen molar-refractivity contribution in [2.75, 3.05) is 26.2 Å². The average molecular weight is 510 g/mol. The van der Waals surface area contributed by atoms with Crippen LogP contribution < -0.4 is 10.6 Å². The molecule has 3 rings (SSSR count). The quantitative estimate of drug-likeness (QED) is 0.260. The third-order valence-corrected chi connectivity index (χ3v) is 4.46. The standard InChI is InChI=1S/C21H23FN4O2.HI/c1-2-23-21(24-12-11-15-7-3-6-10-18(15)22)25-13-14-26-19(27)16-8-4-5-9-17(16)20(26)28;/h3-10H,2,11-14H2,1H3,(H2,23,24,25);1H. The van der Waals surface area contributed by atoms with Crippen molar-refractivity contribution in [3.63, 3.8) is 0 Å². The van der Waals surface area contributed by atoms with Crippen molar-refractivity contribution in [1.82, 2.24) is 15.5 Å². The van der Waals surface area contributed by atoms with Crippen molar-refractivity contribution in [3.8, 4) is 0 Å². The number of rotatable bonds is 7. The molecule has 2 aromatic rings. The number of aliphatic imine (C=N–C) groups is 1. The van der Waals surface area contributed by atoms with Crippen molar-refractivity contribution in [1.29, 1.82) is 0 Å². The van der Waals surface area contributed by atoms with E-state index in [1.807, 2.05) is 6.92 Å². The van der Waals surface area contributed by atoms with E-state index in [1.54, 1.807) is 42.5 Å². The van der Waals surface area contributed by atoms with Gasteiger partial charge in [0.25, 0.3) is 11.8 Å². The molecule has 2 N–H and O–H groups in total. The summed E-state index contributed by atoms with van der Waals surface area (Å²) in [6.45, 7) is 3.64. The molecule has 2 amide bonds. The molecule has 0 saturated heterocycles. The third-order valence-electron chi connectivity index (χ3n) is 4.46. The summed E-state index contributed by atoms with van der Waals surface area (Å²) in [7, 11) is 0.